The monoisotopic (exact) mass is 513 g/mol. The number of halogens is 1. The molecule has 2 aliphatic heterocycles. The second-order valence-electron chi connectivity index (χ2n) is 9.20. The van der Waals surface area contributed by atoms with E-state index >= 15 is 0 Å². The van der Waals surface area contributed by atoms with Crippen molar-refractivity contribution < 1.29 is 33.4 Å². The largest absolute Gasteiger partial charge is 0.507 e. The van der Waals surface area contributed by atoms with Gasteiger partial charge in [0.05, 0.1) is 31.4 Å². The number of aromatic amines is 1. The summed E-state index contributed by atoms with van der Waals surface area (Å²) in [5, 5.41) is 11.4. The van der Waals surface area contributed by atoms with Gasteiger partial charge in [0.15, 0.2) is 0 Å². The van der Waals surface area contributed by atoms with Gasteiger partial charge in [-0.1, -0.05) is 12.1 Å². The van der Waals surface area contributed by atoms with Gasteiger partial charge in [-0.15, -0.1) is 0 Å². The number of carbonyl (C=O) groups excluding carboxylic acids is 3. The van der Waals surface area contributed by atoms with E-state index in [1.807, 2.05) is 0 Å². The smallest absolute Gasteiger partial charge is 0.355 e. The lowest BCUT2D eigenvalue weighted by atomic mass is 9.94. The average molecular weight is 514 g/mol. The van der Waals surface area contributed by atoms with E-state index in [9.17, 15) is 23.9 Å². The van der Waals surface area contributed by atoms with E-state index in [-0.39, 0.29) is 30.0 Å². The number of morpholine rings is 1. The normalized spacial score (nSPS) is 20.0. The third-order valence-corrected chi connectivity index (χ3v) is 6.84. The van der Waals surface area contributed by atoms with Gasteiger partial charge in [-0.2, -0.15) is 0 Å². The van der Waals surface area contributed by atoms with Gasteiger partial charge >= 0.3 is 5.97 Å². The fourth-order valence-electron chi connectivity index (χ4n) is 5.07. The van der Waals surface area contributed by atoms with Crippen molar-refractivity contribution in [3.63, 3.8) is 0 Å². The predicted octanol–water partition coefficient (Wildman–Crippen LogP) is 3.09. The molecule has 1 aromatic carbocycles. The Morgan fingerprint density at radius 1 is 1.22 bits per heavy atom. The Kier molecular flexibility index (Phi) is 8.09. The molecule has 10 heteroatoms. The Labute approximate surface area is 214 Å². The van der Waals surface area contributed by atoms with Gasteiger partial charge in [0, 0.05) is 37.4 Å². The molecule has 2 fully saturated rings. The SMILES string of the molecule is CCOC(=O)c1[nH]c(C)c(C(O)=C2C(=O)C(=O)N(CCCN3CCOCC3)[C@@H]2c2cccc(F)c2)c1C. The molecular formula is C27H32FN3O6. The Morgan fingerprint density at radius 3 is 2.62 bits per heavy atom. The molecule has 3 heterocycles. The summed E-state index contributed by atoms with van der Waals surface area (Å²) < 4.78 is 24.7. The van der Waals surface area contributed by atoms with Crippen LogP contribution >= 0.6 is 0 Å². The second kappa shape index (κ2) is 11.3. The molecule has 1 aromatic heterocycles. The second-order valence-corrected chi connectivity index (χ2v) is 9.20. The quantitative estimate of drug-likeness (QED) is 0.241. The number of carbonyl (C=O) groups is 3. The fraction of sp³-hybridized carbons (Fsp3) is 0.444. The van der Waals surface area contributed by atoms with Crippen molar-refractivity contribution in [3.8, 4) is 0 Å². The maximum Gasteiger partial charge on any atom is 0.355 e. The number of Topliss-reactive ketones (excluding diaryl/α,β-unsaturated/α-hetero) is 1. The number of hydrogen-bond donors (Lipinski definition) is 2. The molecule has 0 unspecified atom stereocenters. The minimum atomic E-state index is -0.972. The van der Waals surface area contributed by atoms with Crippen LogP contribution in [0.15, 0.2) is 29.8 Å². The number of ether oxygens (including phenoxy) is 2. The first kappa shape index (κ1) is 26.6. The molecule has 4 rings (SSSR count). The van der Waals surface area contributed by atoms with Gasteiger partial charge in [-0.05, 0) is 50.5 Å². The van der Waals surface area contributed by atoms with Crippen LogP contribution in [0.25, 0.3) is 5.76 Å². The van der Waals surface area contributed by atoms with E-state index in [4.69, 9.17) is 9.47 Å². The average Bonchev–Trinajstić information content (AvgIpc) is 3.32. The van der Waals surface area contributed by atoms with Crippen LogP contribution in [0, 0.1) is 19.7 Å². The number of aryl methyl sites for hydroxylation is 1. The number of aliphatic hydroxyl groups excluding tert-OH is 1. The summed E-state index contributed by atoms with van der Waals surface area (Å²) in [5.74, 6) is -3.13. The lowest BCUT2D eigenvalue weighted by Gasteiger charge is -2.29. The van der Waals surface area contributed by atoms with Crippen LogP contribution in [-0.2, 0) is 19.1 Å². The molecule has 0 aliphatic carbocycles. The molecule has 1 atom stereocenters. The lowest BCUT2D eigenvalue weighted by molar-refractivity contribution is -0.140. The topological polar surface area (TPSA) is 112 Å². The number of benzene rings is 1. The molecule has 2 saturated heterocycles. The van der Waals surface area contributed by atoms with Gasteiger partial charge in [0.2, 0.25) is 0 Å². The van der Waals surface area contributed by atoms with Crippen LogP contribution < -0.4 is 0 Å². The Bertz CT molecular complexity index is 1230. The van der Waals surface area contributed by atoms with E-state index in [0.717, 1.165) is 13.1 Å². The first-order chi connectivity index (χ1) is 17.7. The van der Waals surface area contributed by atoms with Crippen molar-refractivity contribution in [1.82, 2.24) is 14.8 Å². The number of esters is 1. The van der Waals surface area contributed by atoms with Gasteiger partial charge < -0.3 is 24.5 Å². The maximum absolute atomic E-state index is 14.2. The highest BCUT2D eigenvalue weighted by Crippen LogP contribution is 2.41. The minimum Gasteiger partial charge on any atom is -0.507 e. The van der Waals surface area contributed by atoms with E-state index in [2.05, 4.69) is 9.88 Å². The van der Waals surface area contributed by atoms with Crippen molar-refractivity contribution in [2.75, 3.05) is 46.0 Å². The molecule has 0 spiro atoms. The molecule has 0 saturated carbocycles. The van der Waals surface area contributed by atoms with Crippen LogP contribution in [0.4, 0.5) is 4.39 Å². The summed E-state index contributed by atoms with van der Waals surface area (Å²) in [6, 6.07) is 4.70. The number of amides is 1. The molecule has 0 bridgehead atoms. The number of nitrogens with zero attached hydrogens (tertiary/aromatic N) is 2. The van der Waals surface area contributed by atoms with Crippen molar-refractivity contribution >= 4 is 23.4 Å². The number of aliphatic hydroxyl groups is 1. The first-order valence-corrected chi connectivity index (χ1v) is 12.4. The number of hydrogen-bond acceptors (Lipinski definition) is 7. The number of likely N-dealkylation sites (tertiary alicyclic amines) is 1. The molecule has 2 aromatic rings. The number of ketones is 1. The summed E-state index contributed by atoms with van der Waals surface area (Å²) in [4.78, 5) is 45.4. The minimum absolute atomic E-state index is 0.136. The number of rotatable bonds is 8. The van der Waals surface area contributed by atoms with Gasteiger partial charge in [-0.3, -0.25) is 14.5 Å². The Morgan fingerprint density at radius 2 is 1.95 bits per heavy atom. The fourth-order valence-corrected chi connectivity index (χ4v) is 5.07. The zero-order chi connectivity index (χ0) is 26.7. The van der Waals surface area contributed by atoms with E-state index in [1.165, 1.54) is 23.1 Å². The third-order valence-electron chi connectivity index (χ3n) is 6.84. The zero-order valence-electron chi connectivity index (χ0n) is 21.3. The summed E-state index contributed by atoms with van der Waals surface area (Å²) in [6.45, 7) is 8.98. The van der Waals surface area contributed by atoms with Crippen molar-refractivity contribution in [1.29, 1.82) is 0 Å². The number of H-pyrrole nitrogens is 1. The molecule has 2 aliphatic rings. The van der Waals surface area contributed by atoms with Gasteiger partial charge in [0.1, 0.15) is 17.3 Å². The first-order valence-electron chi connectivity index (χ1n) is 12.4. The molecule has 37 heavy (non-hydrogen) atoms. The van der Waals surface area contributed by atoms with Crippen molar-refractivity contribution in [2.45, 2.75) is 33.2 Å². The van der Waals surface area contributed by atoms with E-state index in [1.54, 1.807) is 26.8 Å². The molecule has 9 nitrogen and oxygen atoms in total. The zero-order valence-corrected chi connectivity index (χ0v) is 21.3. The molecular weight excluding hydrogens is 481 g/mol. The van der Waals surface area contributed by atoms with Crippen LogP contribution in [0.5, 0.6) is 0 Å². The lowest BCUT2D eigenvalue weighted by Crippen LogP contribution is -2.39. The van der Waals surface area contributed by atoms with Crippen LogP contribution in [0.3, 0.4) is 0 Å². The molecule has 1 amide bonds. The van der Waals surface area contributed by atoms with Crippen molar-refractivity contribution in [3.05, 3.63) is 63.7 Å². The van der Waals surface area contributed by atoms with Gasteiger partial charge in [-0.25, -0.2) is 9.18 Å². The summed E-state index contributed by atoms with van der Waals surface area (Å²) in [6.07, 6.45) is 0.591. The number of nitrogens with one attached hydrogen (secondary N) is 1. The summed E-state index contributed by atoms with van der Waals surface area (Å²) >= 11 is 0. The summed E-state index contributed by atoms with van der Waals surface area (Å²) in [7, 11) is 0. The molecule has 198 valence electrons. The van der Waals surface area contributed by atoms with Crippen LogP contribution in [-0.4, -0.2) is 83.5 Å². The molecule has 0 radical (unpaired) electrons. The third kappa shape index (κ3) is 5.30. The van der Waals surface area contributed by atoms with Crippen LogP contribution in [0.1, 0.15) is 52.3 Å². The Hall–Kier alpha value is -3.50. The van der Waals surface area contributed by atoms with E-state index in [0.29, 0.717) is 43.0 Å². The Balaban J connectivity index is 1.74. The van der Waals surface area contributed by atoms with E-state index < -0.39 is 35.3 Å². The van der Waals surface area contributed by atoms with Gasteiger partial charge in [0.25, 0.3) is 11.7 Å². The molecule has 2 N–H and O–H groups in total. The maximum atomic E-state index is 14.2. The predicted molar refractivity (Wildman–Crippen MR) is 134 cm³/mol. The van der Waals surface area contributed by atoms with Crippen LogP contribution in [0.2, 0.25) is 0 Å². The van der Waals surface area contributed by atoms with Crippen molar-refractivity contribution in [2.24, 2.45) is 0 Å². The number of aromatic nitrogens is 1. The summed E-state index contributed by atoms with van der Waals surface area (Å²) in [5.41, 5.74) is 1.48. The standard InChI is InChI=1S/C27H32FN3O6/c1-4-37-27(35)22-16(2)20(17(3)29-22)24(32)21-23(18-7-5-8-19(28)15-18)31(26(34)25(21)33)10-6-9-30-11-13-36-14-12-30/h5,7-8,15,23,29,32H,4,6,9-14H2,1-3H3/t23-/m1/s1. The highest BCUT2D eigenvalue weighted by molar-refractivity contribution is 6.46. The highest BCUT2D eigenvalue weighted by atomic mass is 19.1. The highest BCUT2D eigenvalue weighted by Gasteiger charge is 2.46.